The van der Waals surface area contributed by atoms with Crippen LogP contribution in [-0.4, -0.2) is 36.5 Å². The third-order valence-electron chi connectivity index (χ3n) is 7.07. The zero-order valence-corrected chi connectivity index (χ0v) is 22.8. The SMILES string of the molecule is CCc1cc(-c2ccc(NS(=O)(=O)c3ccccc3C)nc2OC)cc2cnc(NC3CCCCC3)nc12. The van der Waals surface area contributed by atoms with Crippen molar-refractivity contribution in [3.8, 4) is 17.0 Å². The lowest BCUT2D eigenvalue weighted by Gasteiger charge is -2.22. The van der Waals surface area contributed by atoms with Crippen LogP contribution in [0.2, 0.25) is 0 Å². The van der Waals surface area contributed by atoms with Gasteiger partial charge in [-0.05, 0) is 73.2 Å². The van der Waals surface area contributed by atoms with Crippen molar-refractivity contribution in [2.45, 2.75) is 63.3 Å². The minimum Gasteiger partial charge on any atom is -0.480 e. The third-order valence-corrected chi connectivity index (χ3v) is 8.58. The summed E-state index contributed by atoms with van der Waals surface area (Å²) in [7, 11) is -2.26. The van der Waals surface area contributed by atoms with Crippen LogP contribution in [0.5, 0.6) is 5.88 Å². The largest absolute Gasteiger partial charge is 0.480 e. The number of hydrogen-bond acceptors (Lipinski definition) is 7. The molecule has 1 aliphatic rings. The molecule has 0 bridgehead atoms. The van der Waals surface area contributed by atoms with Gasteiger partial charge in [0, 0.05) is 23.2 Å². The molecule has 2 aromatic carbocycles. The van der Waals surface area contributed by atoms with Crippen molar-refractivity contribution in [1.29, 1.82) is 0 Å². The van der Waals surface area contributed by atoms with E-state index in [4.69, 9.17) is 9.72 Å². The monoisotopic (exact) mass is 531 g/mol. The number of fused-ring (bicyclic) bond motifs is 1. The number of ether oxygens (including phenoxy) is 1. The summed E-state index contributed by atoms with van der Waals surface area (Å²) >= 11 is 0. The predicted octanol–water partition coefficient (Wildman–Crippen LogP) is 6.12. The maximum Gasteiger partial charge on any atom is 0.263 e. The maximum absolute atomic E-state index is 12.9. The number of aromatic nitrogens is 3. The Hall–Kier alpha value is -3.72. The van der Waals surface area contributed by atoms with Gasteiger partial charge in [0.1, 0.15) is 5.82 Å². The summed E-state index contributed by atoms with van der Waals surface area (Å²) in [5.41, 5.74) is 4.35. The number of aryl methyl sites for hydroxylation is 2. The van der Waals surface area contributed by atoms with Crippen molar-refractivity contribution in [2.75, 3.05) is 17.1 Å². The molecule has 2 N–H and O–H groups in total. The van der Waals surface area contributed by atoms with Gasteiger partial charge in [0.15, 0.2) is 0 Å². The predicted molar refractivity (Wildman–Crippen MR) is 151 cm³/mol. The van der Waals surface area contributed by atoms with Crippen LogP contribution in [-0.2, 0) is 16.4 Å². The lowest BCUT2D eigenvalue weighted by Crippen LogP contribution is -2.23. The van der Waals surface area contributed by atoms with Crippen molar-refractivity contribution in [3.05, 3.63) is 65.9 Å². The lowest BCUT2D eigenvalue weighted by molar-refractivity contribution is 0.400. The molecule has 2 heterocycles. The molecule has 0 amide bonds. The second-order valence-electron chi connectivity index (χ2n) is 9.72. The van der Waals surface area contributed by atoms with Gasteiger partial charge in [0.25, 0.3) is 10.0 Å². The minimum atomic E-state index is -3.79. The van der Waals surface area contributed by atoms with Crippen molar-refractivity contribution < 1.29 is 13.2 Å². The molecule has 0 saturated heterocycles. The second-order valence-corrected chi connectivity index (χ2v) is 11.4. The molecule has 0 unspecified atom stereocenters. The van der Waals surface area contributed by atoms with E-state index < -0.39 is 10.0 Å². The maximum atomic E-state index is 12.9. The van der Waals surface area contributed by atoms with Crippen LogP contribution in [0.3, 0.4) is 0 Å². The normalized spacial score (nSPS) is 14.4. The first-order chi connectivity index (χ1) is 18.4. The van der Waals surface area contributed by atoms with Crippen molar-refractivity contribution in [2.24, 2.45) is 0 Å². The fourth-order valence-corrected chi connectivity index (χ4v) is 6.32. The molecule has 2 aromatic heterocycles. The lowest BCUT2D eigenvalue weighted by atomic mass is 9.96. The Bertz CT molecular complexity index is 1570. The molecule has 198 valence electrons. The molecule has 0 radical (unpaired) electrons. The van der Waals surface area contributed by atoms with Crippen LogP contribution in [0, 0.1) is 6.92 Å². The van der Waals surface area contributed by atoms with Gasteiger partial charge in [-0.2, -0.15) is 4.98 Å². The summed E-state index contributed by atoms with van der Waals surface area (Å²) < 4.78 is 34.1. The van der Waals surface area contributed by atoms with Gasteiger partial charge < -0.3 is 10.1 Å². The molecule has 0 spiro atoms. The van der Waals surface area contributed by atoms with E-state index in [0.717, 1.165) is 46.9 Å². The van der Waals surface area contributed by atoms with Crippen molar-refractivity contribution in [3.63, 3.8) is 0 Å². The average molecular weight is 532 g/mol. The minimum absolute atomic E-state index is 0.187. The molecular formula is C29H33N5O3S. The first-order valence-electron chi connectivity index (χ1n) is 13.1. The highest BCUT2D eigenvalue weighted by molar-refractivity contribution is 7.92. The first kappa shape index (κ1) is 25.9. The van der Waals surface area contributed by atoms with E-state index in [-0.39, 0.29) is 10.7 Å². The van der Waals surface area contributed by atoms with Crippen LogP contribution in [0.4, 0.5) is 11.8 Å². The van der Waals surface area contributed by atoms with Gasteiger partial charge in [-0.3, -0.25) is 4.72 Å². The summed E-state index contributed by atoms with van der Waals surface area (Å²) in [5, 5.41) is 4.45. The Morgan fingerprint density at radius 2 is 1.82 bits per heavy atom. The Kier molecular flexibility index (Phi) is 7.46. The molecular weight excluding hydrogens is 498 g/mol. The smallest absolute Gasteiger partial charge is 0.263 e. The number of rotatable bonds is 8. The van der Waals surface area contributed by atoms with Gasteiger partial charge >= 0.3 is 0 Å². The number of methoxy groups -OCH3 is 1. The van der Waals surface area contributed by atoms with E-state index >= 15 is 0 Å². The first-order valence-corrected chi connectivity index (χ1v) is 14.6. The van der Waals surface area contributed by atoms with Gasteiger partial charge in [0.2, 0.25) is 11.8 Å². The molecule has 0 atom stereocenters. The summed E-state index contributed by atoms with van der Waals surface area (Å²) in [6.45, 7) is 3.86. The molecule has 0 aliphatic heterocycles. The highest BCUT2D eigenvalue weighted by Crippen LogP contribution is 2.34. The van der Waals surface area contributed by atoms with E-state index in [1.54, 1.807) is 37.3 Å². The topological polar surface area (TPSA) is 106 Å². The van der Waals surface area contributed by atoms with Crippen molar-refractivity contribution >= 4 is 32.7 Å². The van der Waals surface area contributed by atoms with Crippen LogP contribution in [0.25, 0.3) is 22.0 Å². The molecule has 1 aliphatic carbocycles. The van der Waals surface area contributed by atoms with Gasteiger partial charge in [0.05, 0.1) is 17.5 Å². The van der Waals surface area contributed by atoms with E-state index in [2.05, 4.69) is 33.0 Å². The quantitative estimate of drug-likeness (QED) is 0.282. The fourth-order valence-electron chi connectivity index (χ4n) is 5.07. The Balaban J connectivity index is 1.46. The number of nitrogens with zero attached hydrogens (tertiary/aromatic N) is 3. The highest BCUT2D eigenvalue weighted by atomic mass is 32.2. The van der Waals surface area contributed by atoms with E-state index in [1.165, 1.54) is 26.4 Å². The number of benzene rings is 2. The van der Waals surface area contributed by atoms with Crippen molar-refractivity contribution in [1.82, 2.24) is 15.0 Å². The van der Waals surface area contributed by atoms with E-state index in [9.17, 15) is 8.42 Å². The molecule has 4 aromatic rings. The second kappa shape index (κ2) is 10.9. The number of hydrogen-bond donors (Lipinski definition) is 2. The van der Waals surface area contributed by atoms with Gasteiger partial charge in [-0.1, -0.05) is 44.4 Å². The molecule has 38 heavy (non-hydrogen) atoms. The molecule has 1 saturated carbocycles. The van der Waals surface area contributed by atoms with E-state index in [1.807, 2.05) is 18.3 Å². The number of anilines is 2. The molecule has 8 nitrogen and oxygen atoms in total. The van der Waals surface area contributed by atoms with Gasteiger partial charge in [-0.25, -0.2) is 18.4 Å². The fraction of sp³-hybridized carbons (Fsp3) is 0.345. The standard InChI is InChI=1S/C29H33N5O3S/c1-4-20-16-21(17-22-18-30-29(33-27(20)22)31-23-11-6-5-7-12-23)24-14-15-26(32-28(24)37-3)34-38(35,36)25-13-9-8-10-19(25)2/h8-10,13-18,23H,4-7,11-12H2,1-3H3,(H,32,34)(H,30,31,33). The van der Waals surface area contributed by atoms with E-state index in [0.29, 0.717) is 23.4 Å². The summed E-state index contributed by atoms with van der Waals surface area (Å²) in [5.74, 6) is 1.19. The summed E-state index contributed by atoms with van der Waals surface area (Å²) in [6, 6.07) is 14.9. The van der Waals surface area contributed by atoms with Crippen LogP contribution in [0.15, 0.2) is 59.6 Å². The van der Waals surface area contributed by atoms with Crippen LogP contribution >= 0.6 is 0 Å². The summed E-state index contributed by atoms with van der Waals surface area (Å²) in [4.78, 5) is 14.1. The van der Waals surface area contributed by atoms with Crippen LogP contribution in [0.1, 0.15) is 50.2 Å². The number of sulfonamides is 1. The Morgan fingerprint density at radius 3 is 2.55 bits per heavy atom. The molecule has 1 fully saturated rings. The van der Waals surface area contributed by atoms with Crippen LogP contribution < -0.4 is 14.8 Å². The zero-order chi connectivity index (χ0) is 26.7. The Labute approximate surface area is 224 Å². The highest BCUT2D eigenvalue weighted by Gasteiger charge is 2.20. The number of pyridine rings is 1. The Morgan fingerprint density at radius 1 is 1.03 bits per heavy atom. The third kappa shape index (κ3) is 5.43. The molecule has 9 heteroatoms. The molecule has 5 rings (SSSR count). The summed E-state index contributed by atoms with van der Waals surface area (Å²) in [6.07, 6.45) is 8.77. The van der Waals surface area contributed by atoms with Gasteiger partial charge in [-0.15, -0.1) is 0 Å². The number of nitrogens with one attached hydrogen (secondary N) is 2. The zero-order valence-electron chi connectivity index (χ0n) is 22.0. The average Bonchev–Trinajstić information content (AvgIpc) is 2.93.